The third-order valence-electron chi connectivity index (χ3n) is 2.56. The number of hydrogen-bond acceptors (Lipinski definition) is 3. The molecule has 0 spiro atoms. The molecule has 0 aliphatic heterocycles. The van der Waals surface area contributed by atoms with E-state index >= 15 is 0 Å². The number of methoxy groups -OCH3 is 1. The molecule has 1 aliphatic carbocycles. The van der Waals surface area contributed by atoms with Gasteiger partial charge in [-0.2, -0.15) is 0 Å². The van der Waals surface area contributed by atoms with Gasteiger partial charge >= 0.3 is 5.97 Å². The van der Waals surface area contributed by atoms with E-state index in [4.69, 9.17) is 4.74 Å². The third kappa shape index (κ3) is 2.22. The van der Waals surface area contributed by atoms with Crippen LogP contribution in [0.5, 0.6) is 0 Å². The minimum Gasteiger partial charge on any atom is -0.469 e. The lowest BCUT2D eigenvalue weighted by Crippen LogP contribution is -2.25. The van der Waals surface area contributed by atoms with Crippen LogP contribution >= 0.6 is 0 Å². The summed E-state index contributed by atoms with van der Waals surface area (Å²) < 4.78 is 4.71. The van der Waals surface area contributed by atoms with Gasteiger partial charge in [-0.3, -0.25) is 9.59 Å². The van der Waals surface area contributed by atoms with E-state index in [1.54, 1.807) is 6.08 Å². The van der Waals surface area contributed by atoms with Crippen molar-refractivity contribution in [2.45, 2.75) is 26.7 Å². The van der Waals surface area contributed by atoms with Gasteiger partial charge in [0, 0.05) is 6.42 Å². The van der Waals surface area contributed by atoms with Crippen LogP contribution in [0.2, 0.25) is 0 Å². The van der Waals surface area contributed by atoms with Crippen molar-refractivity contribution in [3.63, 3.8) is 0 Å². The molecule has 0 aromatic heterocycles. The third-order valence-corrected chi connectivity index (χ3v) is 2.56. The molecule has 3 nitrogen and oxygen atoms in total. The zero-order chi connectivity index (χ0) is 10.7. The number of ether oxygens (including phenoxy) is 1. The van der Waals surface area contributed by atoms with E-state index in [0.29, 0.717) is 12.8 Å². The number of rotatable bonds is 2. The average Bonchev–Trinajstić information content (AvgIpc) is 2.16. The second-order valence-corrected chi connectivity index (χ2v) is 3.88. The highest BCUT2D eigenvalue weighted by Crippen LogP contribution is 2.29. The molecule has 0 radical (unpaired) electrons. The second kappa shape index (κ2) is 4.40. The molecule has 0 saturated heterocycles. The molecule has 1 atom stereocenters. The predicted octanol–water partition coefficient (Wildman–Crippen LogP) is 1.72. The van der Waals surface area contributed by atoms with Crippen LogP contribution in [0.1, 0.15) is 26.7 Å². The van der Waals surface area contributed by atoms with Gasteiger partial charge in [-0.1, -0.05) is 19.4 Å². The molecule has 0 N–H and O–H groups in total. The molecule has 0 aromatic carbocycles. The summed E-state index contributed by atoms with van der Waals surface area (Å²) in [4.78, 5) is 22.6. The number of allylic oxidation sites excluding steroid dienone is 1. The van der Waals surface area contributed by atoms with Crippen molar-refractivity contribution in [2.24, 2.45) is 11.8 Å². The normalized spacial score (nSPS) is 22.1. The Labute approximate surface area is 84.1 Å². The largest absolute Gasteiger partial charge is 0.469 e. The SMILES string of the molecule is COC(=O)[C@@H]1CCC(=O)C=C1C(C)C. The molecule has 14 heavy (non-hydrogen) atoms. The Morgan fingerprint density at radius 2 is 2.21 bits per heavy atom. The summed E-state index contributed by atoms with van der Waals surface area (Å²) in [5.74, 6) is -0.0904. The van der Waals surface area contributed by atoms with Crippen molar-refractivity contribution < 1.29 is 14.3 Å². The highest BCUT2D eigenvalue weighted by atomic mass is 16.5. The van der Waals surface area contributed by atoms with Gasteiger partial charge in [0.25, 0.3) is 0 Å². The Hall–Kier alpha value is -1.12. The van der Waals surface area contributed by atoms with E-state index in [1.807, 2.05) is 13.8 Å². The van der Waals surface area contributed by atoms with Crippen molar-refractivity contribution in [2.75, 3.05) is 7.11 Å². The number of esters is 1. The standard InChI is InChI=1S/C11H16O3/c1-7(2)10-6-8(12)4-5-9(10)11(13)14-3/h6-7,9H,4-5H2,1-3H3/t9-/m1/s1. The van der Waals surface area contributed by atoms with Crippen LogP contribution in [0.15, 0.2) is 11.6 Å². The molecule has 0 unspecified atom stereocenters. The van der Waals surface area contributed by atoms with E-state index in [-0.39, 0.29) is 23.6 Å². The molecule has 0 aromatic rings. The lowest BCUT2D eigenvalue weighted by atomic mass is 9.81. The molecule has 1 rings (SSSR count). The average molecular weight is 196 g/mol. The van der Waals surface area contributed by atoms with Gasteiger partial charge in [0.1, 0.15) is 0 Å². The first-order chi connectivity index (χ1) is 6.56. The molecule has 0 amide bonds. The number of carbonyl (C=O) groups is 2. The van der Waals surface area contributed by atoms with Gasteiger partial charge in [-0.15, -0.1) is 0 Å². The van der Waals surface area contributed by atoms with E-state index in [2.05, 4.69) is 0 Å². The summed E-state index contributed by atoms with van der Waals surface area (Å²) in [6.07, 6.45) is 2.65. The van der Waals surface area contributed by atoms with Crippen molar-refractivity contribution in [1.82, 2.24) is 0 Å². The zero-order valence-corrected chi connectivity index (χ0v) is 8.87. The number of ketones is 1. The highest BCUT2D eigenvalue weighted by Gasteiger charge is 2.29. The minimum atomic E-state index is -0.225. The summed E-state index contributed by atoms with van der Waals surface area (Å²) in [5.41, 5.74) is 0.910. The fraction of sp³-hybridized carbons (Fsp3) is 0.636. The van der Waals surface area contributed by atoms with E-state index in [9.17, 15) is 9.59 Å². The molecule has 1 aliphatic rings. The predicted molar refractivity (Wildman–Crippen MR) is 52.7 cm³/mol. The van der Waals surface area contributed by atoms with Gasteiger partial charge in [-0.25, -0.2) is 0 Å². The van der Waals surface area contributed by atoms with Crippen molar-refractivity contribution in [3.8, 4) is 0 Å². The molecular formula is C11H16O3. The van der Waals surface area contributed by atoms with E-state index < -0.39 is 0 Å². The first-order valence-corrected chi connectivity index (χ1v) is 4.88. The van der Waals surface area contributed by atoms with Crippen molar-refractivity contribution in [1.29, 1.82) is 0 Å². The van der Waals surface area contributed by atoms with Crippen molar-refractivity contribution in [3.05, 3.63) is 11.6 Å². The second-order valence-electron chi connectivity index (χ2n) is 3.88. The first-order valence-electron chi connectivity index (χ1n) is 4.88. The van der Waals surface area contributed by atoms with Gasteiger partial charge in [0.15, 0.2) is 5.78 Å². The lowest BCUT2D eigenvalue weighted by molar-refractivity contribution is -0.144. The van der Waals surface area contributed by atoms with Crippen LogP contribution in [0.25, 0.3) is 0 Å². The zero-order valence-electron chi connectivity index (χ0n) is 8.87. The first kappa shape index (κ1) is 11.0. The Kier molecular flexibility index (Phi) is 3.44. The van der Waals surface area contributed by atoms with Crippen molar-refractivity contribution >= 4 is 11.8 Å². The Morgan fingerprint density at radius 3 is 2.71 bits per heavy atom. The van der Waals surface area contributed by atoms with Crippen LogP contribution in [-0.4, -0.2) is 18.9 Å². The fourth-order valence-corrected chi connectivity index (χ4v) is 1.78. The smallest absolute Gasteiger partial charge is 0.312 e. The molecule has 0 fully saturated rings. The summed E-state index contributed by atoms with van der Waals surface area (Å²) in [7, 11) is 1.39. The van der Waals surface area contributed by atoms with Gasteiger partial charge in [0.05, 0.1) is 13.0 Å². The van der Waals surface area contributed by atoms with Gasteiger partial charge in [0.2, 0.25) is 0 Å². The Balaban J connectivity index is 2.90. The molecule has 0 bridgehead atoms. The fourth-order valence-electron chi connectivity index (χ4n) is 1.78. The Bertz CT molecular complexity index is 276. The maximum absolute atomic E-state index is 11.4. The highest BCUT2D eigenvalue weighted by molar-refractivity contribution is 5.93. The van der Waals surface area contributed by atoms with Gasteiger partial charge < -0.3 is 4.74 Å². The number of hydrogen-bond donors (Lipinski definition) is 0. The van der Waals surface area contributed by atoms with Crippen LogP contribution < -0.4 is 0 Å². The summed E-state index contributed by atoms with van der Waals surface area (Å²) >= 11 is 0. The molecule has 0 saturated carbocycles. The van der Waals surface area contributed by atoms with Crippen LogP contribution in [0.4, 0.5) is 0 Å². The summed E-state index contributed by atoms with van der Waals surface area (Å²) in [6, 6.07) is 0. The molecule has 78 valence electrons. The van der Waals surface area contributed by atoms with Gasteiger partial charge in [-0.05, 0) is 18.4 Å². The topological polar surface area (TPSA) is 43.4 Å². The number of carbonyl (C=O) groups excluding carboxylic acids is 2. The lowest BCUT2D eigenvalue weighted by Gasteiger charge is -2.24. The van der Waals surface area contributed by atoms with Crippen LogP contribution in [-0.2, 0) is 14.3 Å². The Morgan fingerprint density at radius 1 is 1.57 bits per heavy atom. The summed E-state index contributed by atoms with van der Waals surface area (Å²) in [5, 5.41) is 0. The summed E-state index contributed by atoms with van der Waals surface area (Å²) in [6.45, 7) is 3.97. The van der Waals surface area contributed by atoms with E-state index in [1.165, 1.54) is 7.11 Å². The quantitative estimate of drug-likeness (QED) is 0.631. The maximum atomic E-state index is 11.4. The van der Waals surface area contributed by atoms with E-state index in [0.717, 1.165) is 5.57 Å². The minimum absolute atomic E-state index is 0.119. The maximum Gasteiger partial charge on any atom is 0.312 e. The monoisotopic (exact) mass is 196 g/mol. The molecular weight excluding hydrogens is 180 g/mol. The molecule has 3 heteroatoms. The van der Waals surface area contributed by atoms with Crippen LogP contribution in [0, 0.1) is 11.8 Å². The van der Waals surface area contributed by atoms with Crippen LogP contribution in [0.3, 0.4) is 0 Å². The molecule has 0 heterocycles.